The van der Waals surface area contributed by atoms with Crippen molar-refractivity contribution in [3.8, 4) is 0 Å². The van der Waals surface area contributed by atoms with Crippen LogP contribution >= 0.6 is 0 Å². The maximum Gasteiger partial charge on any atom is 0.160 e. The topological polar surface area (TPSA) is 15.3 Å². The Kier molecular flexibility index (Phi) is 2.86. The monoisotopic (exact) mass is 212 g/mol. The van der Waals surface area contributed by atoms with Gasteiger partial charge in [0.25, 0.3) is 0 Å². The fourth-order valence-electron chi connectivity index (χ4n) is 1.89. The van der Waals surface area contributed by atoms with E-state index in [-0.39, 0.29) is 0 Å². The van der Waals surface area contributed by atoms with Gasteiger partial charge in [-0.25, -0.2) is 8.78 Å². The highest BCUT2D eigenvalue weighted by molar-refractivity contribution is 5.48. The Morgan fingerprint density at radius 2 is 2.13 bits per heavy atom. The van der Waals surface area contributed by atoms with E-state index in [1.54, 1.807) is 6.07 Å². The number of anilines is 1. The highest BCUT2D eigenvalue weighted by Crippen LogP contribution is 2.20. The van der Waals surface area contributed by atoms with Crippen LogP contribution in [0.4, 0.5) is 14.5 Å². The molecule has 0 aliphatic carbocycles. The molecule has 15 heavy (non-hydrogen) atoms. The maximum absolute atomic E-state index is 13.0. The van der Waals surface area contributed by atoms with E-state index in [0.29, 0.717) is 6.04 Å². The molecule has 1 fully saturated rings. The molecule has 1 atom stereocenters. The van der Waals surface area contributed by atoms with Gasteiger partial charge in [-0.1, -0.05) is 0 Å². The van der Waals surface area contributed by atoms with Gasteiger partial charge in [0, 0.05) is 37.4 Å². The molecule has 4 heteroatoms. The first kappa shape index (κ1) is 10.4. The van der Waals surface area contributed by atoms with Crippen molar-refractivity contribution in [2.75, 3.05) is 24.5 Å². The number of rotatable bonds is 1. The second-order valence-corrected chi connectivity index (χ2v) is 3.84. The lowest BCUT2D eigenvalue weighted by Gasteiger charge is -2.35. The molecule has 0 saturated carbocycles. The molecule has 1 aliphatic rings. The molecule has 0 amide bonds. The molecule has 1 heterocycles. The lowest BCUT2D eigenvalue weighted by atomic mass is 10.2. The molecule has 0 bridgehead atoms. The van der Waals surface area contributed by atoms with Crippen LogP contribution in [-0.2, 0) is 0 Å². The van der Waals surface area contributed by atoms with Crippen LogP contribution in [0.15, 0.2) is 18.2 Å². The van der Waals surface area contributed by atoms with Crippen molar-refractivity contribution in [1.82, 2.24) is 5.32 Å². The first-order valence-electron chi connectivity index (χ1n) is 5.11. The minimum absolute atomic E-state index is 0.309. The summed E-state index contributed by atoms with van der Waals surface area (Å²) < 4.78 is 25.8. The van der Waals surface area contributed by atoms with Crippen LogP contribution in [0.2, 0.25) is 0 Å². The summed E-state index contributed by atoms with van der Waals surface area (Å²) in [5.74, 6) is -1.57. The first-order chi connectivity index (χ1) is 7.18. The van der Waals surface area contributed by atoms with Crippen molar-refractivity contribution >= 4 is 5.69 Å². The Bertz CT molecular complexity index is 354. The Labute approximate surface area is 87.9 Å². The van der Waals surface area contributed by atoms with Crippen LogP contribution in [0.1, 0.15) is 6.92 Å². The van der Waals surface area contributed by atoms with Crippen molar-refractivity contribution in [3.05, 3.63) is 29.8 Å². The highest BCUT2D eigenvalue weighted by atomic mass is 19.2. The van der Waals surface area contributed by atoms with E-state index in [2.05, 4.69) is 17.1 Å². The van der Waals surface area contributed by atoms with Crippen molar-refractivity contribution in [2.24, 2.45) is 0 Å². The van der Waals surface area contributed by atoms with Crippen molar-refractivity contribution in [1.29, 1.82) is 0 Å². The lowest BCUT2D eigenvalue weighted by Crippen LogP contribution is -2.49. The first-order valence-corrected chi connectivity index (χ1v) is 5.11. The van der Waals surface area contributed by atoms with E-state index in [1.807, 2.05) is 0 Å². The summed E-state index contributed by atoms with van der Waals surface area (Å²) in [5.41, 5.74) is 0.753. The zero-order valence-electron chi connectivity index (χ0n) is 8.63. The molecule has 2 rings (SSSR count). The fraction of sp³-hybridized carbons (Fsp3) is 0.455. The second-order valence-electron chi connectivity index (χ2n) is 3.84. The largest absolute Gasteiger partial charge is 0.366 e. The summed E-state index contributed by atoms with van der Waals surface area (Å²) in [4.78, 5) is 2.08. The summed E-state index contributed by atoms with van der Waals surface area (Å²) in [5, 5.41) is 3.25. The average Bonchev–Trinajstić information content (AvgIpc) is 2.23. The standard InChI is InChI=1S/C11H14F2N2/c1-8-7-14-4-5-15(8)9-2-3-10(12)11(13)6-9/h2-3,6,8,14H,4-5,7H2,1H3. The van der Waals surface area contributed by atoms with Crippen LogP contribution in [0, 0.1) is 11.6 Å². The van der Waals surface area contributed by atoms with Gasteiger partial charge in [-0.15, -0.1) is 0 Å². The number of benzene rings is 1. The van der Waals surface area contributed by atoms with E-state index in [9.17, 15) is 8.78 Å². The number of piperazine rings is 1. The molecule has 1 aromatic carbocycles. The van der Waals surface area contributed by atoms with Crippen LogP contribution < -0.4 is 10.2 Å². The molecule has 0 radical (unpaired) electrons. The predicted octanol–water partition coefficient (Wildman–Crippen LogP) is 1.76. The van der Waals surface area contributed by atoms with Gasteiger partial charge in [0.05, 0.1) is 0 Å². The molecule has 1 unspecified atom stereocenters. The molecule has 1 aliphatic heterocycles. The van der Waals surface area contributed by atoms with Gasteiger partial charge in [-0.3, -0.25) is 0 Å². The zero-order valence-corrected chi connectivity index (χ0v) is 8.63. The van der Waals surface area contributed by atoms with E-state index in [1.165, 1.54) is 12.1 Å². The van der Waals surface area contributed by atoms with Crippen LogP contribution in [0.3, 0.4) is 0 Å². The smallest absolute Gasteiger partial charge is 0.160 e. The lowest BCUT2D eigenvalue weighted by molar-refractivity contribution is 0.491. The molecule has 0 aromatic heterocycles. The van der Waals surface area contributed by atoms with Gasteiger partial charge < -0.3 is 10.2 Å². The predicted molar refractivity (Wildman–Crippen MR) is 56.0 cm³/mol. The molecule has 1 saturated heterocycles. The Morgan fingerprint density at radius 3 is 2.80 bits per heavy atom. The summed E-state index contributed by atoms with van der Waals surface area (Å²) in [6.07, 6.45) is 0. The number of nitrogens with zero attached hydrogens (tertiary/aromatic N) is 1. The number of hydrogen-bond donors (Lipinski definition) is 1. The zero-order chi connectivity index (χ0) is 10.8. The van der Waals surface area contributed by atoms with E-state index >= 15 is 0 Å². The fourth-order valence-corrected chi connectivity index (χ4v) is 1.89. The van der Waals surface area contributed by atoms with Gasteiger partial charge in [-0.2, -0.15) is 0 Å². The number of hydrogen-bond acceptors (Lipinski definition) is 2. The molecule has 2 nitrogen and oxygen atoms in total. The van der Waals surface area contributed by atoms with Crippen LogP contribution in [0.5, 0.6) is 0 Å². The van der Waals surface area contributed by atoms with Gasteiger partial charge >= 0.3 is 0 Å². The van der Waals surface area contributed by atoms with Crippen LogP contribution in [-0.4, -0.2) is 25.7 Å². The Morgan fingerprint density at radius 1 is 1.33 bits per heavy atom. The molecule has 0 spiro atoms. The molecular formula is C11H14F2N2. The van der Waals surface area contributed by atoms with E-state index < -0.39 is 11.6 Å². The third kappa shape index (κ3) is 2.09. The van der Waals surface area contributed by atoms with Crippen molar-refractivity contribution in [2.45, 2.75) is 13.0 Å². The normalized spacial score (nSPS) is 21.8. The van der Waals surface area contributed by atoms with E-state index in [0.717, 1.165) is 25.3 Å². The molecular weight excluding hydrogens is 198 g/mol. The third-order valence-corrected chi connectivity index (χ3v) is 2.74. The SMILES string of the molecule is CC1CNCCN1c1ccc(F)c(F)c1. The number of halogens is 2. The van der Waals surface area contributed by atoms with Gasteiger partial charge in [0.1, 0.15) is 0 Å². The second kappa shape index (κ2) is 4.14. The average molecular weight is 212 g/mol. The maximum atomic E-state index is 13.0. The van der Waals surface area contributed by atoms with Gasteiger partial charge in [-0.05, 0) is 19.1 Å². The molecule has 82 valence electrons. The number of nitrogens with one attached hydrogen (secondary N) is 1. The van der Waals surface area contributed by atoms with Gasteiger partial charge in [0.15, 0.2) is 11.6 Å². The summed E-state index contributed by atoms with van der Waals surface area (Å²) in [6, 6.07) is 4.38. The Balaban J connectivity index is 2.24. The van der Waals surface area contributed by atoms with Crippen molar-refractivity contribution in [3.63, 3.8) is 0 Å². The summed E-state index contributed by atoms with van der Waals surface area (Å²) in [7, 11) is 0. The summed E-state index contributed by atoms with van der Waals surface area (Å²) >= 11 is 0. The minimum atomic E-state index is -0.790. The summed E-state index contributed by atoms with van der Waals surface area (Å²) in [6.45, 7) is 4.64. The quantitative estimate of drug-likeness (QED) is 0.763. The molecule has 1 aromatic rings. The highest BCUT2D eigenvalue weighted by Gasteiger charge is 2.18. The molecule has 1 N–H and O–H groups in total. The minimum Gasteiger partial charge on any atom is -0.366 e. The van der Waals surface area contributed by atoms with Gasteiger partial charge in [0.2, 0.25) is 0 Å². The Hall–Kier alpha value is -1.16. The van der Waals surface area contributed by atoms with E-state index in [4.69, 9.17) is 0 Å². The van der Waals surface area contributed by atoms with Crippen LogP contribution in [0.25, 0.3) is 0 Å². The third-order valence-electron chi connectivity index (χ3n) is 2.74. The van der Waals surface area contributed by atoms with Crippen molar-refractivity contribution < 1.29 is 8.78 Å².